The first-order valence-electron chi connectivity index (χ1n) is 8.78. The molecular formula is C19H18N6O. The molecule has 1 fully saturated rings. The summed E-state index contributed by atoms with van der Waals surface area (Å²) in [6.07, 6.45) is 7.31. The molecule has 0 bridgehead atoms. The van der Waals surface area contributed by atoms with Gasteiger partial charge in [-0.2, -0.15) is 14.6 Å². The van der Waals surface area contributed by atoms with Crippen LogP contribution in [0.3, 0.4) is 0 Å². The standard InChI is InChI=1S/C19H18N6O/c1-2-6-16-14(4-1)7-9-20-18(16)26-12-15-5-3-11-24(15)17-8-10-21-19-22-13-23-25(17)19/h1-2,4,6-10,13,15H,3,5,11-12H2. The molecule has 0 aliphatic carbocycles. The van der Waals surface area contributed by atoms with E-state index in [4.69, 9.17) is 4.74 Å². The highest BCUT2D eigenvalue weighted by atomic mass is 16.5. The summed E-state index contributed by atoms with van der Waals surface area (Å²) in [5, 5.41) is 6.49. The fourth-order valence-electron chi connectivity index (χ4n) is 3.64. The zero-order valence-corrected chi connectivity index (χ0v) is 14.2. The number of benzene rings is 1. The number of hydrogen-bond donors (Lipinski definition) is 0. The molecule has 4 aromatic rings. The SMILES string of the molecule is c1ccc2c(OCC3CCCN3c3ccnc4ncnn34)nccc2c1. The van der Waals surface area contributed by atoms with Crippen molar-refractivity contribution in [1.29, 1.82) is 0 Å². The van der Waals surface area contributed by atoms with Crippen molar-refractivity contribution in [2.24, 2.45) is 0 Å². The van der Waals surface area contributed by atoms with Crippen molar-refractivity contribution in [2.45, 2.75) is 18.9 Å². The Hall–Kier alpha value is -3.22. The van der Waals surface area contributed by atoms with Crippen LogP contribution in [0.15, 0.2) is 55.1 Å². The van der Waals surface area contributed by atoms with Crippen LogP contribution in [0.2, 0.25) is 0 Å². The molecular weight excluding hydrogens is 328 g/mol. The highest BCUT2D eigenvalue weighted by molar-refractivity contribution is 5.86. The van der Waals surface area contributed by atoms with E-state index in [9.17, 15) is 0 Å². The first-order chi connectivity index (χ1) is 12.9. The van der Waals surface area contributed by atoms with Gasteiger partial charge in [0.2, 0.25) is 5.88 Å². The Morgan fingerprint density at radius 1 is 1.04 bits per heavy atom. The molecule has 3 aromatic heterocycles. The molecule has 0 saturated carbocycles. The third kappa shape index (κ3) is 2.52. The van der Waals surface area contributed by atoms with Crippen LogP contribution in [-0.4, -0.2) is 43.8 Å². The maximum absolute atomic E-state index is 6.13. The predicted octanol–water partition coefficient (Wildman–Crippen LogP) is 2.72. The molecule has 1 aliphatic rings. The summed E-state index contributed by atoms with van der Waals surface area (Å²) < 4.78 is 7.92. The van der Waals surface area contributed by atoms with E-state index < -0.39 is 0 Å². The van der Waals surface area contributed by atoms with Crippen LogP contribution >= 0.6 is 0 Å². The van der Waals surface area contributed by atoms with Crippen LogP contribution < -0.4 is 9.64 Å². The average molecular weight is 346 g/mol. The van der Waals surface area contributed by atoms with Gasteiger partial charge >= 0.3 is 0 Å². The van der Waals surface area contributed by atoms with Gasteiger partial charge in [0.15, 0.2) is 0 Å². The predicted molar refractivity (Wildman–Crippen MR) is 98.4 cm³/mol. The monoisotopic (exact) mass is 346 g/mol. The number of pyridine rings is 1. The van der Waals surface area contributed by atoms with Crippen molar-refractivity contribution in [3.8, 4) is 5.88 Å². The van der Waals surface area contributed by atoms with Gasteiger partial charge in [-0.05, 0) is 36.4 Å². The normalized spacial score (nSPS) is 17.2. The summed E-state index contributed by atoms with van der Waals surface area (Å²) in [6, 6.07) is 12.4. The van der Waals surface area contributed by atoms with E-state index in [-0.39, 0.29) is 6.04 Å². The van der Waals surface area contributed by atoms with Gasteiger partial charge < -0.3 is 9.64 Å². The summed E-state index contributed by atoms with van der Waals surface area (Å²) in [5.74, 6) is 2.31. The van der Waals surface area contributed by atoms with Gasteiger partial charge in [-0.1, -0.05) is 18.2 Å². The molecule has 5 rings (SSSR count). The fourth-order valence-corrected chi connectivity index (χ4v) is 3.64. The van der Waals surface area contributed by atoms with Gasteiger partial charge in [0.1, 0.15) is 18.8 Å². The summed E-state index contributed by atoms with van der Waals surface area (Å²) in [7, 11) is 0. The lowest BCUT2D eigenvalue weighted by Gasteiger charge is -2.26. The zero-order valence-electron chi connectivity index (χ0n) is 14.2. The molecule has 0 spiro atoms. The van der Waals surface area contributed by atoms with E-state index in [2.05, 4.69) is 31.0 Å². The molecule has 130 valence electrons. The molecule has 1 unspecified atom stereocenters. The molecule has 0 N–H and O–H groups in total. The summed E-state index contributed by atoms with van der Waals surface area (Å²) in [5.41, 5.74) is 0. The Bertz CT molecular complexity index is 1060. The van der Waals surface area contributed by atoms with Crippen molar-refractivity contribution in [3.05, 3.63) is 55.1 Å². The van der Waals surface area contributed by atoms with Crippen LogP contribution in [0, 0.1) is 0 Å². The van der Waals surface area contributed by atoms with E-state index in [1.54, 1.807) is 16.9 Å². The topological polar surface area (TPSA) is 68.4 Å². The minimum absolute atomic E-state index is 0.269. The molecule has 7 nitrogen and oxygen atoms in total. The minimum Gasteiger partial charge on any atom is -0.475 e. The fraction of sp³-hybridized carbons (Fsp3) is 0.263. The van der Waals surface area contributed by atoms with Crippen molar-refractivity contribution >= 4 is 22.4 Å². The number of ether oxygens (including phenoxy) is 1. The van der Waals surface area contributed by atoms with Crippen molar-refractivity contribution in [2.75, 3.05) is 18.1 Å². The molecule has 0 radical (unpaired) electrons. The van der Waals surface area contributed by atoms with Crippen LogP contribution in [0.1, 0.15) is 12.8 Å². The summed E-state index contributed by atoms with van der Waals surface area (Å²) in [4.78, 5) is 15.2. The highest BCUT2D eigenvalue weighted by Crippen LogP contribution is 2.27. The quantitative estimate of drug-likeness (QED) is 0.566. The van der Waals surface area contributed by atoms with E-state index in [0.29, 0.717) is 18.3 Å². The number of fused-ring (bicyclic) bond motifs is 2. The second-order valence-corrected chi connectivity index (χ2v) is 6.41. The molecule has 1 aliphatic heterocycles. The van der Waals surface area contributed by atoms with Crippen molar-refractivity contribution in [1.82, 2.24) is 24.6 Å². The Kier molecular flexibility index (Phi) is 3.62. The molecule has 1 saturated heterocycles. The Labute approximate surface area is 150 Å². The van der Waals surface area contributed by atoms with Crippen LogP contribution in [0.4, 0.5) is 5.82 Å². The third-order valence-corrected chi connectivity index (χ3v) is 4.88. The summed E-state index contributed by atoms with van der Waals surface area (Å²) in [6.45, 7) is 1.55. The molecule has 4 heterocycles. The first kappa shape index (κ1) is 15.1. The second kappa shape index (κ2) is 6.25. The number of aromatic nitrogens is 5. The number of hydrogen-bond acceptors (Lipinski definition) is 6. The van der Waals surface area contributed by atoms with E-state index >= 15 is 0 Å². The molecule has 26 heavy (non-hydrogen) atoms. The lowest BCUT2D eigenvalue weighted by molar-refractivity contribution is 0.281. The lowest BCUT2D eigenvalue weighted by Crippen LogP contribution is -2.35. The van der Waals surface area contributed by atoms with Crippen molar-refractivity contribution in [3.63, 3.8) is 0 Å². The average Bonchev–Trinajstić information content (AvgIpc) is 3.35. The lowest BCUT2D eigenvalue weighted by atomic mass is 10.2. The number of anilines is 1. The van der Waals surface area contributed by atoms with Gasteiger partial charge in [-0.15, -0.1) is 0 Å². The second-order valence-electron chi connectivity index (χ2n) is 6.41. The zero-order chi connectivity index (χ0) is 17.3. The molecule has 7 heteroatoms. The van der Waals surface area contributed by atoms with Gasteiger partial charge in [-0.25, -0.2) is 9.97 Å². The Morgan fingerprint density at radius 3 is 2.96 bits per heavy atom. The maximum atomic E-state index is 6.13. The van der Waals surface area contributed by atoms with E-state index in [1.807, 2.05) is 30.3 Å². The smallest absolute Gasteiger partial charge is 0.254 e. The third-order valence-electron chi connectivity index (χ3n) is 4.88. The Balaban J connectivity index is 1.40. The molecule has 1 aromatic carbocycles. The maximum Gasteiger partial charge on any atom is 0.254 e. The van der Waals surface area contributed by atoms with Gasteiger partial charge in [0.25, 0.3) is 5.78 Å². The van der Waals surface area contributed by atoms with Gasteiger partial charge in [0.05, 0.1) is 6.04 Å². The van der Waals surface area contributed by atoms with Crippen molar-refractivity contribution < 1.29 is 4.74 Å². The summed E-state index contributed by atoms with van der Waals surface area (Å²) >= 11 is 0. The highest BCUT2D eigenvalue weighted by Gasteiger charge is 2.27. The van der Waals surface area contributed by atoms with Crippen LogP contribution in [-0.2, 0) is 0 Å². The van der Waals surface area contributed by atoms with Crippen LogP contribution in [0.25, 0.3) is 16.6 Å². The number of rotatable bonds is 4. The Morgan fingerprint density at radius 2 is 1.96 bits per heavy atom. The molecule has 0 amide bonds. The van der Waals surface area contributed by atoms with E-state index in [0.717, 1.165) is 36.0 Å². The van der Waals surface area contributed by atoms with E-state index in [1.165, 1.54) is 6.33 Å². The molecule has 1 atom stereocenters. The van der Waals surface area contributed by atoms with Gasteiger partial charge in [0, 0.05) is 24.3 Å². The number of nitrogens with zero attached hydrogens (tertiary/aromatic N) is 6. The minimum atomic E-state index is 0.269. The van der Waals surface area contributed by atoms with Crippen LogP contribution in [0.5, 0.6) is 5.88 Å². The largest absolute Gasteiger partial charge is 0.475 e. The first-order valence-corrected chi connectivity index (χ1v) is 8.78. The van der Waals surface area contributed by atoms with Gasteiger partial charge in [-0.3, -0.25) is 0 Å².